The summed E-state index contributed by atoms with van der Waals surface area (Å²) in [5.41, 5.74) is 3.15. The molecule has 23 heavy (non-hydrogen) atoms. The Morgan fingerprint density at radius 3 is 2.48 bits per heavy atom. The van der Waals surface area contributed by atoms with Crippen LogP contribution in [0.25, 0.3) is 0 Å². The summed E-state index contributed by atoms with van der Waals surface area (Å²) in [7, 11) is 0. The lowest BCUT2D eigenvalue weighted by molar-refractivity contribution is -0.386. The van der Waals surface area contributed by atoms with Crippen LogP contribution < -0.4 is 0 Å². The fourth-order valence-electron chi connectivity index (χ4n) is 3.70. The molecule has 0 amide bonds. The number of hydrogen-bond donors (Lipinski definition) is 0. The fraction of sp³-hybridized carbons (Fsp3) is 0.333. The number of para-hydroxylation sites is 1. The number of fused-ring (bicyclic) bond motifs is 1. The minimum atomic E-state index is -0.336. The number of nitrogens with zero attached hydrogens (tertiary/aromatic N) is 1. The molecule has 0 aliphatic carbocycles. The number of rotatable bonds is 3. The van der Waals surface area contributed by atoms with E-state index < -0.39 is 0 Å². The van der Waals surface area contributed by atoms with Crippen LogP contribution >= 0.6 is 0 Å². The van der Waals surface area contributed by atoms with Crippen LogP contribution in [0.2, 0.25) is 0 Å². The van der Waals surface area contributed by atoms with Crippen molar-refractivity contribution in [1.82, 2.24) is 0 Å². The Kier molecular flexibility index (Phi) is 3.59. The summed E-state index contributed by atoms with van der Waals surface area (Å²) in [6.45, 7) is 1.20. The van der Waals surface area contributed by atoms with Crippen LogP contribution in [0.5, 0.6) is 0 Å². The molecule has 1 saturated heterocycles. The van der Waals surface area contributed by atoms with Crippen molar-refractivity contribution in [2.24, 2.45) is 5.92 Å². The summed E-state index contributed by atoms with van der Waals surface area (Å²) in [5.74, 6) is 0.0970. The van der Waals surface area contributed by atoms with Crippen molar-refractivity contribution in [2.45, 2.75) is 25.2 Å². The van der Waals surface area contributed by atoms with Gasteiger partial charge in [0.15, 0.2) is 0 Å². The van der Waals surface area contributed by atoms with Crippen LogP contribution in [0.4, 0.5) is 5.69 Å². The summed E-state index contributed by atoms with van der Waals surface area (Å²) in [6.07, 6.45) is 0.488. The minimum absolute atomic E-state index is 0.0569. The third-order valence-electron chi connectivity index (χ3n) is 4.75. The molecular formula is C18H17NO4. The molecule has 2 heterocycles. The highest BCUT2D eigenvalue weighted by Crippen LogP contribution is 2.48. The maximum Gasteiger partial charge on any atom is 0.275 e. The van der Waals surface area contributed by atoms with Gasteiger partial charge in [-0.1, -0.05) is 36.4 Å². The van der Waals surface area contributed by atoms with Gasteiger partial charge in [-0.2, -0.15) is 0 Å². The molecule has 2 aliphatic rings. The number of ether oxygens (including phenoxy) is 2. The molecule has 0 aromatic heterocycles. The number of benzene rings is 2. The van der Waals surface area contributed by atoms with Gasteiger partial charge in [0.2, 0.25) is 0 Å². The van der Waals surface area contributed by atoms with Crippen molar-refractivity contribution >= 4 is 5.69 Å². The van der Waals surface area contributed by atoms with Crippen molar-refractivity contribution in [3.63, 3.8) is 0 Å². The van der Waals surface area contributed by atoms with Gasteiger partial charge >= 0.3 is 0 Å². The van der Waals surface area contributed by atoms with E-state index in [9.17, 15) is 10.1 Å². The van der Waals surface area contributed by atoms with Gasteiger partial charge in [-0.3, -0.25) is 10.1 Å². The maximum atomic E-state index is 11.3. The van der Waals surface area contributed by atoms with E-state index >= 15 is 0 Å². The first-order valence-corrected chi connectivity index (χ1v) is 7.80. The molecule has 2 aromatic carbocycles. The molecule has 1 fully saturated rings. The topological polar surface area (TPSA) is 61.6 Å². The highest BCUT2D eigenvalue weighted by molar-refractivity contribution is 5.43. The van der Waals surface area contributed by atoms with Gasteiger partial charge in [-0.25, -0.2) is 0 Å². The van der Waals surface area contributed by atoms with Gasteiger partial charge < -0.3 is 9.47 Å². The van der Waals surface area contributed by atoms with Crippen molar-refractivity contribution in [1.29, 1.82) is 0 Å². The number of nitro groups is 1. The first kappa shape index (κ1) is 14.4. The van der Waals surface area contributed by atoms with E-state index in [-0.39, 0.29) is 28.7 Å². The Bertz CT molecular complexity index is 745. The quantitative estimate of drug-likeness (QED) is 0.636. The molecule has 2 aliphatic heterocycles. The second kappa shape index (κ2) is 5.76. The average molecular weight is 311 g/mol. The Morgan fingerprint density at radius 2 is 1.65 bits per heavy atom. The van der Waals surface area contributed by atoms with Crippen LogP contribution in [0.3, 0.4) is 0 Å². The van der Waals surface area contributed by atoms with Crippen LogP contribution in [0.15, 0.2) is 48.5 Å². The molecular weight excluding hydrogens is 294 g/mol. The Labute approximate surface area is 134 Å². The monoisotopic (exact) mass is 311 g/mol. The third kappa shape index (κ3) is 2.42. The highest BCUT2D eigenvalue weighted by Gasteiger charge is 2.42. The number of hydrogen-bond acceptors (Lipinski definition) is 4. The molecule has 5 heteroatoms. The van der Waals surface area contributed by atoms with Crippen molar-refractivity contribution < 1.29 is 14.4 Å². The normalized spacial score (nSPS) is 26.2. The van der Waals surface area contributed by atoms with Gasteiger partial charge in [-0.15, -0.1) is 0 Å². The minimum Gasteiger partial charge on any atom is -0.373 e. The molecule has 0 spiro atoms. The lowest BCUT2D eigenvalue weighted by Crippen LogP contribution is -2.17. The molecule has 0 bridgehead atoms. The molecule has 5 nitrogen and oxygen atoms in total. The first-order chi connectivity index (χ1) is 11.3. The zero-order valence-electron chi connectivity index (χ0n) is 12.6. The van der Waals surface area contributed by atoms with E-state index in [1.807, 2.05) is 18.2 Å². The van der Waals surface area contributed by atoms with Crippen molar-refractivity contribution in [3.8, 4) is 0 Å². The van der Waals surface area contributed by atoms with Gasteiger partial charge in [0.1, 0.15) is 0 Å². The van der Waals surface area contributed by atoms with Crippen LogP contribution in [-0.4, -0.2) is 11.5 Å². The van der Waals surface area contributed by atoms with Crippen LogP contribution in [0.1, 0.15) is 35.3 Å². The molecule has 0 radical (unpaired) electrons. The first-order valence-electron chi connectivity index (χ1n) is 7.80. The van der Waals surface area contributed by atoms with Crippen molar-refractivity contribution in [3.05, 3.63) is 75.3 Å². The molecule has 3 atom stereocenters. The van der Waals surface area contributed by atoms with E-state index in [2.05, 4.69) is 12.1 Å². The lowest BCUT2D eigenvalue weighted by atomic mass is 9.86. The number of nitro benzene ring substituents is 1. The standard InChI is InChI=1S/C18H17NO4/c20-19(21)16-8-4-3-7-14(16)18-15(9-10-22-18)17-13-6-2-1-5-12(13)11-23-17/h1-8,15,17-18H,9-11H2/t15-,17-,18-/m1/s1. The largest absolute Gasteiger partial charge is 0.373 e. The predicted octanol–water partition coefficient (Wildman–Crippen LogP) is 3.94. The smallest absolute Gasteiger partial charge is 0.275 e. The summed E-state index contributed by atoms with van der Waals surface area (Å²) in [4.78, 5) is 11.0. The highest BCUT2D eigenvalue weighted by atomic mass is 16.6. The van der Waals surface area contributed by atoms with E-state index in [1.54, 1.807) is 12.1 Å². The van der Waals surface area contributed by atoms with Gasteiger partial charge in [-0.05, 0) is 23.6 Å². The Hall–Kier alpha value is -2.24. The second-order valence-electron chi connectivity index (χ2n) is 5.99. The van der Waals surface area contributed by atoms with Gasteiger partial charge in [0.25, 0.3) is 5.69 Å². The molecule has 4 rings (SSSR count). The van der Waals surface area contributed by atoms with E-state index in [1.165, 1.54) is 17.2 Å². The summed E-state index contributed by atoms with van der Waals surface area (Å²) < 4.78 is 11.9. The zero-order valence-corrected chi connectivity index (χ0v) is 12.6. The zero-order chi connectivity index (χ0) is 15.8. The van der Waals surface area contributed by atoms with Crippen molar-refractivity contribution in [2.75, 3.05) is 6.61 Å². The van der Waals surface area contributed by atoms with Gasteiger partial charge in [0, 0.05) is 18.6 Å². The summed E-state index contributed by atoms with van der Waals surface area (Å²) >= 11 is 0. The van der Waals surface area contributed by atoms with Crippen LogP contribution in [-0.2, 0) is 16.1 Å². The molecule has 0 saturated carbocycles. The summed E-state index contributed by atoms with van der Waals surface area (Å²) in [6, 6.07) is 15.0. The molecule has 0 N–H and O–H groups in total. The second-order valence-corrected chi connectivity index (χ2v) is 5.99. The average Bonchev–Trinajstić information content (AvgIpc) is 3.21. The van der Waals surface area contributed by atoms with E-state index in [0.717, 1.165) is 6.42 Å². The van der Waals surface area contributed by atoms with Gasteiger partial charge in [0.05, 0.1) is 29.3 Å². The van der Waals surface area contributed by atoms with Crippen LogP contribution in [0, 0.1) is 16.0 Å². The Balaban J connectivity index is 1.70. The maximum absolute atomic E-state index is 11.3. The van der Waals surface area contributed by atoms with E-state index in [0.29, 0.717) is 18.8 Å². The third-order valence-corrected chi connectivity index (χ3v) is 4.75. The van der Waals surface area contributed by atoms with E-state index in [4.69, 9.17) is 9.47 Å². The predicted molar refractivity (Wildman–Crippen MR) is 83.9 cm³/mol. The fourth-order valence-corrected chi connectivity index (χ4v) is 3.70. The SMILES string of the molecule is O=[N+]([O-])c1ccccc1[C@H]1OCC[C@@H]1[C@@H]1OCc2ccccc21. The summed E-state index contributed by atoms with van der Waals surface area (Å²) in [5, 5.41) is 11.3. The molecule has 0 unspecified atom stereocenters. The molecule has 2 aromatic rings. The Morgan fingerprint density at radius 1 is 0.957 bits per heavy atom. The lowest BCUT2D eigenvalue weighted by Gasteiger charge is -2.24. The molecule has 118 valence electrons.